The molecule has 4 N–H and O–H groups in total. The number of pyridine rings is 1. The van der Waals surface area contributed by atoms with Crippen molar-refractivity contribution in [3.8, 4) is 11.5 Å². The predicted molar refractivity (Wildman–Crippen MR) is 124 cm³/mol. The van der Waals surface area contributed by atoms with Crippen molar-refractivity contribution in [1.82, 2.24) is 20.9 Å². The van der Waals surface area contributed by atoms with E-state index in [0.717, 1.165) is 0 Å². The van der Waals surface area contributed by atoms with Gasteiger partial charge in [0, 0.05) is 36.6 Å². The minimum atomic E-state index is -0.965. The van der Waals surface area contributed by atoms with Gasteiger partial charge in [0.1, 0.15) is 11.3 Å². The van der Waals surface area contributed by atoms with Crippen LogP contribution in [0, 0.1) is 5.82 Å². The Morgan fingerprint density at radius 1 is 0.971 bits per heavy atom. The van der Waals surface area contributed by atoms with Crippen molar-refractivity contribution in [1.29, 1.82) is 0 Å². The SMILES string of the molecule is COc1ccc(O)c(C(=O)c2ccc(C(=O)N[C@@H]3CNC[C@H]3NC(=O)c3cccnc3)cc2)c1F. The van der Waals surface area contributed by atoms with Gasteiger partial charge in [-0.15, -0.1) is 0 Å². The fourth-order valence-electron chi connectivity index (χ4n) is 3.82. The number of rotatable bonds is 7. The monoisotopic (exact) mass is 478 g/mol. The Morgan fingerprint density at radius 2 is 1.60 bits per heavy atom. The fraction of sp³-hybridized carbons (Fsp3) is 0.200. The smallest absolute Gasteiger partial charge is 0.253 e. The largest absolute Gasteiger partial charge is 0.507 e. The van der Waals surface area contributed by atoms with E-state index in [1.54, 1.807) is 18.3 Å². The number of amides is 2. The highest BCUT2D eigenvalue weighted by atomic mass is 19.1. The molecule has 9 nitrogen and oxygen atoms in total. The van der Waals surface area contributed by atoms with Crippen molar-refractivity contribution in [3.63, 3.8) is 0 Å². The summed E-state index contributed by atoms with van der Waals surface area (Å²) >= 11 is 0. The normalized spacial score (nSPS) is 17.0. The first kappa shape index (κ1) is 23.8. The summed E-state index contributed by atoms with van der Waals surface area (Å²) in [5, 5.41) is 18.9. The molecule has 1 aromatic heterocycles. The molecule has 4 rings (SSSR count). The molecule has 0 saturated carbocycles. The molecule has 2 aromatic carbocycles. The van der Waals surface area contributed by atoms with Crippen LogP contribution in [0.3, 0.4) is 0 Å². The van der Waals surface area contributed by atoms with Crippen LogP contribution in [0.25, 0.3) is 0 Å². The molecule has 180 valence electrons. The van der Waals surface area contributed by atoms with Gasteiger partial charge in [0.25, 0.3) is 11.8 Å². The van der Waals surface area contributed by atoms with Crippen LogP contribution < -0.4 is 20.7 Å². The lowest BCUT2D eigenvalue weighted by atomic mass is 10.00. The van der Waals surface area contributed by atoms with Gasteiger partial charge in [0.2, 0.25) is 0 Å². The topological polar surface area (TPSA) is 130 Å². The summed E-state index contributed by atoms with van der Waals surface area (Å²) in [7, 11) is 1.26. The lowest BCUT2D eigenvalue weighted by molar-refractivity contribution is 0.0896. The van der Waals surface area contributed by atoms with Gasteiger partial charge in [-0.3, -0.25) is 19.4 Å². The third-order valence-corrected chi connectivity index (χ3v) is 5.71. The fourth-order valence-corrected chi connectivity index (χ4v) is 3.82. The zero-order valence-corrected chi connectivity index (χ0v) is 18.7. The van der Waals surface area contributed by atoms with E-state index in [4.69, 9.17) is 4.74 Å². The van der Waals surface area contributed by atoms with E-state index in [1.165, 1.54) is 49.7 Å². The molecule has 0 aliphatic carbocycles. The molecule has 2 heterocycles. The zero-order valence-electron chi connectivity index (χ0n) is 18.7. The van der Waals surface area contributed by atoms with Crippen LogP contribution in [0.4, 0.5) is 4.39 Å². The van der Waals surface area contributed by atoms with Gasteiger partial charge in [-0.2, -0.15) is 0 Å². The molecule has 1 saturated heterocycles. The van der Waals surface area contributed by atoms with Crippen LogP contribution in [0.15, 0.2) is 60.9 Å². The molecule has 2 atom stereocenters. The number of aromatic hydroxyl groups is 1. The quantitative estimate of drug-likeness (QED) is 0.380. The van der Waals surface area contributed by atoms with Gasteiger partial charge < -0.3 is 25.8 Å². The standard InChI is InChI=1S/C25H23FN4O5/c1-35-20-9-8-19(31)21(22(20)26)23(32)14-4-6-15(7-5-14)24(33)29-17-12-28-13-18(17)30-25(34)16-3-2-10-27-11-16/h2-11,17-18,28,31H,12-13H2,1H3,(H,29,33)(H,30,34)/t17-,18-/m1/s1. The number of nitrogens with one attached hydrogen (secondary N) is 3. The van der Waals surface area contributed by atoms with Crippen molar-refractivity contribution in [2.45, 2.75) is 12.1 Å². The molecule has 0 unspecified atom stereocenters. The second-order valence-electron chi connectivity index (χ2n) is 7.94. The average Bonchev–Trinajstić information content (AvgIpc) is 3.30. The number of phenolic OH excluding ortho intramolecular Hbond substituents is 1. The highest BCUT2D eigenvalue weighted by Gasteiger charge is 2.30. The third-order valence-electron chi connectivity index (χ3n) is 5.71. The van der Waals surface area contributed by atoms with Crippen LogP contribution in [0.1, 0.15) is 36.6 Å². The number of phenols is 1. The number of aromatic nitrogens is 1. The van der Waals surface area contributed by atoms with Gasteiger partial charge in [-0.25, -0.2) is 4.39 Å². The van der Waals surface area contributed by atoms with Crippen LogP contribution in [0.5, 0.6) is 11.5 Å². The molecule has 2 amide bonds. The van der Waals surface area contributed by atoms with E-state index in [2.05, 4.69) is 20.9 Å². The molecule has 1 aliphatic rings. The van der Waals surface area contributed by atoms with Crippen molar-refractivity contribution in [2.75, 3.05) is 20.2 Å². The van der Waals surface area contributed by atoms with Crippen LogP contribution >= 0.6 is 0 Å². The number of hydrogen-bond acceptors (Lipinski definition) is 7. The summed E-state index contributed by atoms with van der Waals surface area (Å²) in [5.41, 5.74) is 0.281. The Morgan fingerprint density at radius 3 is 2.20 bits per heavy atom. The molecule has 1 fully saturated rings. The van der Waals surface area contributed by atoms with E-state index >= 15 is 0 Å². The molecule has 1 aliphatic heterocycles. The lowest BCUT2D eigenvalue weighted by Gasteiger charge is -2.21. The summed E-state index contributed by atoms with van der Waals surface area (Å²) in [6.45, 7) is 0.953. The van der Waals surface area contributed by atoms with E-state index in [9.17, 15) is 23.9 Å². The molecular weight excluding hydrogens is 455 g/mol. The number of hydrogen-bond donors (Lipinski definition) is 4. The van der Waals surface area contributed by atoms with Gasteiger partial charge in [0.15, 0.2) is 17.3 Å². The van der Waals surface area contributed by atoms with Gasteiger partial charge in [-0.05, 0) is 36.4 Å². The number of carbonyl (C=O) groups is 3. The maximum absolute atomic E-state index is 14.5. The number of carbonyl (C=O) groups excluding carboxylic acids is 3. The van der Waals surface area contributed by atoms with Crippen molar-refractivity contribution >= 4 is 17.6 Å². The molecule has 10 heteroatoms. The van der Waals surface area contributed by atoms with Crippen molar-refractivity contribution in [3.05, 3.63) is 89.0 Å². The second kappa shape index (κ2) is 10.3. The zero-order chi connectivity index (χ0) is 24.9. The molecule has 35 heavy (non-hydrogen) atoms. The van der Waals surface area contributed by atoms with Gasteiger partial charge in [0.05, 0.1) is 24.8 Å². The van der Waals surface area contributed by atoms with Gasteiger partial charge in [-0.1, -0.05) is 12.1 Å². The molecule has 3 aromatic rings. The maximum Gasteiger partial charge on any atom is 0.253 e. The Kier molecular flexibility index (Phi) is 7.02. The summed E-state index contributed by atoms with van der Waals surface area (Å²) in [5.74, 6) is -3.08. The summed E-state index contributed by atoms with van der Waals surface area (Å²) in [4.78, 5) is 41.9. The number of methoxy groups -OCH3 is 1. The Labute approximate surface area is 200 Å². The molecule has 0 radical (unpaired) electrons. The summed E-state index contributed by atoms with van der Waals surface area (Å²) in [6, 6.07) is 10.7. The number of benzene rings is 2. The number of ether oxygens (including phenoxy) is 1. The number of halogens is 1. The third kappa shape index (κ3) is 5.12. The highest BCUT2D eigenvalue weighted by molar-refractivity contribution is 6.11. The van der Waals surface area contributed by atoms with E-state index in [-0.39, 0.29) is 34.9 Å². The Balaban J connectivity index is 1.43. The van der Waals surface area contributed by atoms with E-state index in [0.29, 0.717) is 18.7 Å². The van der Waals surface area contributed by atoms with Gasteiger partial charge >= 0.3 is 0 Å². The summed E-state index contributed by atoms with van der Waals surface area (Å²) < 4.78 is 19.4. The van der Waals surface area contributed by atoms with Crippen LogP contribution in [0.2, 0.25) is 0 Å². The van der Waals surface area contributed by atoms with E-state index in [1.807, 2.05) is 0 Å². The molecule has 0 spiro atoms. The Hall–Kier alpha value is -4.31. The highest BCUT2D eigenvalue weighted by Crippen LogP contribution is 2.30. The van der Waals surface area contributed by atoms with Crippen molar-refractivity contribution in [2.24, 2.45) is 0 Å². The van der Waals surface area contributed by atoms with Crippen molar-refractivity contribution < 1.29 is 28.6 Å². The van der Waals surface area contributed by atoms with E-state index < -0.39 is 28.8 Å². The number of nitrogens with zero attached hydrogens (tertiary/aromatic N) is 1. The first-order valence-corrected chi connectivity index (χ1v) is 10.8. The average molecular weight is 478 g/mol. The summed E-state index contributed by atoms with van der Waals surface area (Å²) in [6.07, 6.45) is 3.04. The minimum Gasteiger partial charge on any atom is -0.507 e. The maximum atomic E-state index is 14.5. The first-order valence-electron chi connectivity index (χ1n) is 10.8. The van der Waals surface area contributed by atoms with Crippen LogP contribution in [-0.2, 0) is 0 Å². The Bertz CT molecular complexity index is 1250. The number of ketones is 1. The van der Waals surface area contributed by atoms with Crippen LogP contribution in [-0.4, -0.2) is 60.0 Å². The first-order chi connectivity index (χ1) is 16.9. The predicted octanol–water partition coefficient (Wildman–Crippen LogP) is 1.67. The second-order valence-corrected chi connectivity index (χ2v) is 7.94. The molecular formula is C25H23FN4O5. The minimum absolute atomic E-state index is 0.0909. The molecule has 0 bridgehead atoms. The lowest BCUT2D eigenvalue weighted by Crippen LogP contribution is -2.51.